The first-order valence-corrected chi connectivity index (χ1v) is 6.64. The Labute approximate surface area is 115 Å². The monoisotopic (exact) mass is 312 g/mol. The van der Waals surface area contributed by atoms with Gasteiger partial charge in [0.2, 0.25) is 11.8 Å². The minimum absolute atomic E-state index is 0.0525. The van der Waals surface area contributed by atoms with Crippen molar-refractivity contribution in [3.63, 3.8) is 0 Å². The number of amides is 2. The minimum atomic E-state index is -0.149. The highest BCUT2D eigenvalue weighted by Gasteiger charge is 2.15. The van der Waals surface area contributed by atoms with Gasteiger partial charge < -0.3 is 10.2 Å². The summed E-state index contributed by atoms with van der Waals surface area (Å²) in [6, 6.07) is 7.29. The second-order valence-corrected chi connectivity index (χ2v) is 4.85. The van der Waals surface area contributed by atoms with E-state index >= 15 is 0 Å². The highest BCUT2D eigenvalue weighted by atomic mass is 79.9. The van der Waals surface area contributed by atoms with E-state index in [1.807, 2.05) is 19.1 Å². The lowest BCUT2D eigenvalue weighted by molar-refractivity contribution is -0.123. The molecule has 0 aliphatic heterocycles. The Balaban J connectivity index is 2.74. The van der Waals surface area contributed by atoms with E-state index in [0.29, 0.717) is 6.54 Å². The maximum Gasteiger partial charge on any atom is 0.240 e. The average molecular weight is 313 g/mol. The molecule has 1 aromatic rings. The Kier molecular flexibility index (Phi) is 5.85. The Morgan fingerprint density at radius 1 is 1.28 bits per heavy atom. The first-order valence-electron chi connectivity index (χ1n) is 5.85. The highest BCUT2D eigenvalue weighted by molar-refractivity contribution is 9.10. The van der Waals surface area contributed by atoms with E-state index < -0.39 is 0 Å². The van der Waals surface area contributed by atoms with Crippen LogP contribution in [-0.2, 0) is 9.59 Å². The van der Waals surface area contributed by atoms with Crippen molar-refractivity contribution in [3.05, 3.63) is 28.7 Å². The quantitative estimate of drug-likeness (QED) is 0.907. The van der Waals surface area contributed by atoms with Gasteiger partial charge in [0.25, 0.3) is 0 Å². The zero-order valence-corrected chi connectivity index (χ0v) is 12.2. The normalized spacial score (nSPS) is 9.94. The number of nitrogens with one attached hydrogen (secondary N) is 1. The summed E-state index contributed by atoms with van der Waals surface area (Å²) in [6.45, 7) is 4.12. The molecule has 2 amide bonds. The fourth-order valence-electron chi connectivity index (χ4n) is 1.47. The zero-order chi connectivity index (χ0) is 13.5. The summed E-state index contributed by atoms with van der Waals surface area (Å²) in [5.74, 6) is -0.293. The van der Waals surface area contributed by atoms with Gasteiger partial charge in [0.1, 0.15) is 6.54 Å². The molecule has 0 heterocycles. The van der Waals surface area contributed by atoms with Crippen LogP contribution >= 0.6 is 15.9 Å². The van der Waals surface area contributed by atoms with Crippen LogP contribution in [0.2, 0.25) is 0 Å². The van der Waals surface area contributed by atoms with Crippen molar-refractivity contribution in [1.29, 1.82) is 0 Å². The van der Waals surface area contributed by atoms with Crippen molar-refractivity contribution in [1.82, 2.24) is 5.32 Å². The van der Waals surface area contributed by atoms with Gasteiger partial charge in [-0.1, -0.05) is 22.9 Å². The maximum absolute atomic E-state index is 11.6. The highest BCUT2D eigenvalue weighted by Crippen LogP contribution is 2.18. The molecule has 0 spiro atoms. The molecule has 5 heteroatoms. The van der Waals surface area contributed by atoms with E-state index in [-0.39, 0.29) is 18.4 Å². The fraction of sp³-hybridized carbons (Fsp3) is 0.385. The van der Waals surface area contributed by atoms with Gasteiger partial charge in [-0.3, -0.25) is 9.59 Å². The number of benzene rings is 1. The molecule has 0 unspecified atom stereocenters. The molecule has 18 heavy (non-hydrogen) atoms. The summed E-state index contributed by atoms with van der Waals surface area (Å²) in [7, 11) is 0. The molecular formula is C13H17BrN2O2. The lowest BCUT2D eigenvalue weighted by Crippen LogP contribution is -2.40. The van der Waals surface area contributed by atoms with Gasteiger partial charge in [0.05, 0.1) is 0 Å². The lowest BCUT2D eigenvalue weighted by Gasteiger charge is -2.20. The van der Waals surface area contributed by atoms with Crippen molar-refractivity contribution in [2.45, 2.75) is 20.3 Å². The second-order valence-electron chi connectivity index (χ2n) is 3.93. The number of rotatable bonds is 5. The first-order chi connectivity index (χ1) is 8.54. The van der Waals surface area contributed by atoms with Crippen molar-refractivity contribution >= 4 is 33.4 Å². The standard InChI is InChI=1S/C13H17BrN2O2/c1-3-8-15-13(18)9-16(10(2)17)12-6-4-11(14)5-7-12/h4-7H,3,8-9H2,1-2H3,(H,15,18). The Morgan fingerprint density at radius 3 is 2.39 bits per heavy atom. The molecule has 0 saturated carbocycles. The summed E-state index contributed by atoms with van der Waals surface area (Å²) in [5, 5.41) is 2.76. The minimum Gasteiger partial charge on any atom is -0.355 e. The van der Waals surface area contributed by atoms with E-state index in [9.17, 15) is 9.59 Å². The number of hydrogen-bond acceptors (Lipinski definition) is 2. The molecule has 0 fully saturated rings. The van der Waals surface area contributed by atoms with Crippen LogP contribution in [0.25, 0.3) is 0 Å². The van der Waals surface area contributed by atoms with Gasteiger partial charge in [-0.15, -0.1) is 0 Å². The molecule has 0 radical (unpaired) electrons. The number of anilines is 1. The van der Waals surface area contributed by atoms with Crippen molar-refractivity contribution in [2.24, 2.45) is 0 Å². The first kappa shape index (κ1) is 14.7. The zero-order valence-electron chi connectivity index (χ0n) is 10.6. The number of carbonyl (C=O) groups is 2. The molecule has 0 aromatic heterocycles. The summed E-state index contributed by atoms with van der Waals surface area (Å²) >= 11 is 3.33. The van der Waals surface area contributed by atoms with E-state index in [1.54, 1.807) is 12.1 Å². The topological polar surface area (TPSA) is 49.4 Å². The summed E-state index contributed by atoms with van der Waals surface area (Å²) in [5.41, 5.74) is 0.720. The molecule has 98 valence electrons. The van der Waals surface area contributed by atoms with Crippen LogP contribution in [0.15, 0.2) is 28.7 Å². The molecule has 1 rings (SSSR count). The predicted octanol–water partition coefficient (Wildman–Crippen LogP) is 2.33. The van der Waals surface area contributed by atoms with Crippen LogP contribution in [0.1, 0.15) is 20.3 Å². The number of nitrogens with zero attached hydrogens (tertiary/aromatic N) is 1. The van der Waals surface area contributed by atoms with Crippen LogP contribution in [-0.4, -0.2) is 24.9 Å². The van der Waals surface area contributed by atoms with E-state index in [0.717, 1.165) is 16.6 Å². The Bertz CT molecular complexity index is 418. The van der Waals surface area contributed by atoms with Crippen LogP contribution in [0.5, 0.6) is 0 Å². The van der Waals surface area contributed by atoms with Gasteiger partial charge in [0.15, 0.2) is 0 Å². The van der Waals surface area contributed by atoms with Crippen molar-refractivity contribution in [2.75, 3.05) is 18.0 Å². The third-order valence-corrected chi connectivity index (χ3v) is 2.92. The third-order valence-electron chi connectivity index (χ3n) is 2.39. The molecule has 1 N–H and O–H groups in total. The van der Waals surface area contributed by atoms with Gasteiger partial charge in [-0.05, 0) is 30.7 Å². The largest absolute Gasteiger partial charge is 0.355 e. The SMILES string of the molecule is CCCNC(=O)CN(C(C)=O)c1ccc(Br)cc1. The third kappa shape index (κ3) is 4.49. The lowest BCUT2D eigenvalue weighted by atomic mass is 10.3. The molecule has 0 saturated heterocycles. The number of carbonyl (C=O) groups excluding carboxylic acids is 2. The molecule has 1 aromatic carbocycles. The van der Waals surface area contributed by atoms with Crippen LogP contribution in [0.3, 0.4) is 0 Å². The second kappa shape index (κ2) is 7.16. The number of hydrogen-bond donors (Lipinski definition) is 1. The summed E-state index contributed by atoms with van der Waals surface area (Å²) in [6.07, 6.45) is 0.879. The Hall–Kier alpha value is -1.36. The molecule has 4 nitrogen and oxygen atoms in total. The predicted molar refractivity (Wildman–Crippen MR) is 75.5 cm³/mol. The molecular weight excluding hydrogens is 296 g/mol. The molecule has 0 aliphatic carbocycles. The summed E-state index contributed by atoms with van der Waals surface area (Å²) < 4.78 is 0.935. The van der Waals surface area contributed by atoms with Gasteiger partial charge in [-0.25, -0.2) is 0 Å². The Morgan fingerprint density at radius 2 is 1.89 bits per heavy atom. The van der Waals surface area contributed by atoms with E-state index in [4.69, 9.17) is 0 Å². The molecule has 0 bridgehead atoms. The molecule has 0 aliphatic rings. The van der Waals surface area contributed by atoms with Crippen LogP contribution < -0.4 is 10.2 Å². The smallest absolute Gasteiger partial charge is 0.240 e. The van der Waals surface area contributed by atoms with Gasteiger partial charge >= 0.3 is 0 Å². The van der Waals surface area contributed by atoms with E-state index in [2.05, 4.69) is 21.2 Å². The van der Waals surface area contributed by atoms with Crippen molar-refractivity contribution < 1.29 is 9.59 Å². The molecule has 0 atom stereocenters. The maximum atomic E-state index is 11.6. The van der Waals surface area contributed by atoms with Gasteiger partial charge in [-0.2, -0.15) is 0 Å². The van der Waals surface area contributed by atoms with Gasteiger partial charge in [0, 0.05) is 23.6 Å². The van der Waals surface area contributed by atoms with E-state index in [1.165, 1.54) is 11.8 Å². The fourth-order valence-corrected chi connectivity index (χ4v) is 1.73. The summed E-state index contributed by atoms with van der Waals surface area (Å²) in [4.78, 5) is 24.7. The van der Waals surface area contributed by atoms with Crippen LogP contribution in [0.4, 0.5) is 5.69 Å². The number of halogens is 1. The van der Waals surface area contributed by atoms with Crippen molar-refractivity contribution in [3.8, 4) is 0 Å². The average Bonchev–Trinajstić information content (AvgIpc) is 2.34. The van der Waals surface area contributed by atoms with Crippen LogP contribution in [0, 0.1) is 0 Å².